The van der Waals surface area contributed by atoms with Crippen LogP contribution in [0, 0.1) is 0 Å². The summed E-state index contributed by atoms with van der Waals surface area (Å²) < 4.78 is 0. The van der Waals surface area contributed by atoms with Crippen LogP contribution in [0.25, 0.3) is 10.9 Å². The monoisotopic (exact) mass is 286 g/mol. The van der Waals surface area contributed by atoms with Crippen molar-refractivity contribution in [2.75, 3.05) is 25.4 Å². The Bertz CT molecular complexity index is 674. The maximum atomic E-state index is 11.5. The van der Waals surface area contributed by atoms with Gasteiger partial charge in [-0.25, -0.2) is 9.97 Å². The molecule has 1 amide bonds. The molecule has 2 aromatic rings. The van der Waals surface area contributed by atoms with E-state index in [1.54, 1.807) is 0 Å². The SMILES string of the molecule is NC(=O)C1CNCCN1Cc1nc(N)c2ccccc2n1. The van der Waals surface area contributed by atoms with E-state index in [2.05, 4.69) is 15.3 Å². The Balaban J connectivity index is 1.88. The third-order valence-electron chi connectivity index (χ3n) is 3.71. The molecule has 1 saturated heterocycles. The Hall–Kier alpha value is -2.25. The predicted octanol–water partition coefficient (Wildman–Crippen LogP) is -0.529. The number of fused-ring (bicyclic) bond motifs is 1. The highest BCUT2D eigenvalue weighted by Gasteiger charge is 2.27. The molecule has 1 unspecified atom stereocenters. The fourth-order valence-corrected chi connectivity index (χ4v) is 2.62. The van der Waals surface area contributed by atoms with Crippen LogP contribution >= 0.6 is 0 Å². The van der Waals surface area contributed by atoms with Gasteiger partial charge in [-0.1, -0.05) is 12.1 Å². The number of hydrogen-bond acceptors (Lipinski definition) is 6. The summed E-state index contributed by atoms with van der Waals surface area (Å²) in [6, 6.07) is 7.28. The normalized spacial score (nSPS) is 19.7. The quantitative estimate of drug-likeness (QED) is 0.699. The first kappa shape index (κ1) is 13.7. The number of rotatable bonds is 3. The molecule has 7 nitrogen and oxygen atoms in total. The van der Waals surface area contributed by atoms with E-state index in [1.807, 2.05) is 29.2 Å². The van der Waals surface area contributed by atoms with Crippen molar-refractivity contribution in [3.63, 3.8) is 0 Å². The number of carbonyl (C=O) groups excluding carboxylic acids is 1. The molecule has 5 N–H and O–H groups in total. The van der Waals surface area contributed by atoms with E-state index in [-0.39, 0.29) is 11.9 Å². The van der Waals surface area contributed by atoms with Crippen LogP contribution in [0.3, 0.4) is 0 Å². The number of benzene rings is 1. The van der Waals surface area contributed by atoms with Crippen molar-refractivity contribution in [1.82, 2.24) is 20.2 Å². The van der Waals surface area contributed by atoms with Gasteiger partial charge in [0.15, 0.2) is 0 Å². The highest BCUT2D eigenvalue weighted by molar-refractivity contribution is 5.87. The lowest BCUT2D eigenvalue weighted by molar-refractivity contribution is -0.124. The zero-order chi connectivity index (χ0) is 14.8. The molecule has 0 saturated carbocycles. The Morgan fingerprint density at radius 1 is 1.38 bits per heavy atom. The van der Waals surface area contributed by atoms with Crippen LogP contribution in [0.15, 0.2) is 24.3 Å². The van der Waals surface area contributed by atoms with Crippen molar-refractivity contribution in [1.29, 1.82) is 0 Å². The van der Waals surface area contributed by atoms with Crippen molar-refractivity contribution in [3.05, 3.63) is 30.1 Å². The number of hydrogen-bond donors (Lipinski definition) is 3. The summed E-state index contributed by atoms with van der Waals surface area (Å²) in [5, 5.41) is 4.01. The van der Waals surface area contributed by atoms with E-state index in [0.29, 0.717) is 24.7 Å². The highest BCUT2D eigenvalue weighted by Crippen LogP contribution is 2.18. The van der Waals surface area contributed by atoms with Gasteiger partial charge in [0.25, 0.3) is 0 Å². The molecule has 2 heterocycles. The van der Waals surface area contributed by atoms with Crippen LogP contribution in [0.1, 0.15) is 5.82 Å². The first-order valence-electron chi connectivity index (χ1n) is 6.90. The molecule has 1 atom stereocenters. The number of anilines is 1. The predicted molar refractivity (Wildman–Crippen MR) is 80.2 cm³/mol. The Labute approximate surface area is 122 Å². The van der Waals surface area contributed by atoms with E-state index in [4.69, 9.17) is 11.5 Å². The van der Waals surface area contributed by atoms with E-state index in [1.165, 1.54) is 0 Å². The van der Waals surface area contributed by atoms with Gasteiger partial charge in [0.2, 0.25) is 5.91 Å². The number of nitrogens with zero attached hydrogens (tertiary/aromatic N) is 3. The molecule has 1 aliphatic rings. The topological polar surface area (TPSA) is 110 Å². The van der Waals surface area contributed by atoms with E-state index in [0.717, 1.165) is 24.0 Å². The Morgan fingerprint density at radius 2 is 2.19 bits per heavy atom. The minimum absolute atomic E-state index is 0.337. The number of nitrogens with two attached hydrogens (primary N) is 2. The minimum atomic E-state index is -0.338. The second-order valence-corrected chi connectivity index (χ2v) is 5.13. The molecule has 0 radical (unpaired) electrons. The number of nitrogen functional groups attached to an aromatic ring is 1. The molecule has 0 spiro atoms. The van der Waals surface area contributed by atoms with Crippen molar-refractivity contribution in [2.45, 2.75) is 12.6 Å². The van der Waals surface area contributed by atoms with Crippen molar-refractivity contribution < 1.29 is 4.79 Å². The molecular weight excluding hydrogens is 268 g/mol. The molecule has 3 rings (SSSR count). The van der Waals surface area contributed by atoms with E-state index in [9.17, 15) is 4.79 Å². The second kappa shape index (κ2) is 5.63. The second-order valence-electron chi connectivity index (χ2n) is 5.13. The first-order chi connectivity index (χ1) is 10.1. The summed E-state index contributed by atoms with van der Waals surface area (Å²) in [5.41, 5.74) is 12.2. The fourth-order valence-electron chi connectivity index (χ4n) is 2.62. The van der Waals surface area contributed by atoms with Gasteiger partial charge < -0.3 is 16.8 Å². The molecule has 0 aliphatic carbocycles. The molecule has 1 aromatic carbocycles. The number of nitrogens with one attached hydrogen (secondary N) is 1. The third-order valence-corrected chi connectivity index (χ3v) is 3.71. The summed E-state index contributed by atoms with van der Waals surface area (Å²) in [6.45, 7) is 2.55. The summed E-state index contributed by atoms with van der Waals surface area (Å²) in [4.78, 5) is 22.4. The summed E-state index contributed by atoms with van der Waals surface area (Å²) >= 11 is 0. The number of amides is 1. The van der Waals surface area contributed by atoms with Crippen LogP contribution in [-0.2, 0) is 11.3 Å². The first-order valence-corrected chi connectivity index (χ1v) is 6.90. The fraction of sp³-hybridized carbons (Fsp3) is 0.357. The van der Waals surface area contributed by atoms with Crippen LogP contribution in [0.5, 0.6) is 0 Å². The maximum Gasteiger partial charge on any atom is 0.236 e. The average molecular weight is 286 g/mol. The molecule has 7 heteroatoms. The highest BCUT2D eigenvalue weighted by atomic mass is 16.1. The molecule has 0 bridgehead atoms. The molecule has 1 aromatic heterocycles. The van der Waals surface area contributed by atoms with Crippen LogP contribution in [0.4, 0.5) is 5.82 Å². The molecule has 21 heavy (non-hydrogen) atoms. The summed E-state index contributed by atoms with van der Waals surface area (Å²) in [6.07, 6.45) is 0. The van der Waals surface area contributed by atoms with Crippen LogP contribution < -0.4 is 16.8 Å². The molecule has 1 aliphatic heterocycles. The smallest absolute Gasteiger partial charge is 0.236 e. The lowest BCUT2D eigenvalue weighted by atomic mass is 10.1. The Kier molecular flexibility index (Phi) is 3.68. The number of primary amides is 1. The number of carbonyl (C=O) groups is 1. The zero-order valence-electron chi connectivity index (χ0n) is 11.6. The van der Waals surface area contributed by atoms with Gasteiger partial charge in [0.05, 0.1) is 12.1 Å². The minimum Gasteiger partial charge on any atom is -0.383 e. The van der Waals surface area contributed by atoms with Crippen molar-refractivity contribution >= 4 is 22.6 Å². The molecule has 1 fully saturated rings. The lowest BCUT2D eigenvalue weighted by Crippen LogP contribution is -2.56. The summed E-state index contributed by atoms with van der Waals surface area (Å²) in [7, 11) is 0. The standard InChI is InChI=1S/C14H18N6O/c15-13-9-3-1-2-4-10(9)18-12(19-13)8-20-6-5-17-7-11(20)14(16)21/h1-4,11,17H,5-8H2,(H2,16,21)(H2,15,18,19). The zero-order valence-corrected chi connectivity index (χ0v) is 11.6. The third kappa shape index (κ3) is 2.79. The largest absolute Gasteiger partial charge is 0.383 e. The van der Waals surface area contributed by atoms with Gasteiger partial charge in [-0.15, -0.1) is 0 Å². The van der Waals surface area contributed by atoms with Crippen molar-refractivity contribution in [2.24, 2.45) is 5.73 Å². The number of aromatic nitrogens is 2. The summed E-state index contributed by atoms with van der Waals surface area (Å²) in [5.74, 6) is 0.733. The number of para-hydroxylation sites is 1. The van der Waals surface area contributed by atoms with Crippen LogP contribution in [0.2, 0.25) is 0 Å². The van der Waals surface area contributed by atoms with E-state index < -0.39 is 0 Å². The van der Waals surface area contributed by atoms with Gasteiger partial charge in [0, 0.05) is 25.0 Å². The molecular formula is C14H18N6O. The Morgan fingerprint density at radius 3 is 3.00 bits per heavy atom. The number of piperazine rings is 1. The lowest BCUT2D eigenvalue weighted by Gasteiger charge is -2.33. The average Bonchev–Trinajstić information content (AvgIpc) is 2.47. The maximum absolute atomic E-state index is 11.5. The van der Waals surface area contributed by atoms with Gasteiger partial charge in [-0.2, -0.15) is 0 Å². The molecule has 110 valence electrons. The van der Waals surface area contributed by atoms with Crippen LogP contribution in [-0.4, -0.2) is 46.5 Å². The van der Waals surface area contributed by atoms with Crippen molar-refractivity contribution in [3.8, 4) is 0 Å². The van der Waals surface area contributed by atoms with Gasteiger partial charge >= 0.3 is 0 Å². The van der Waals surface area contributed by atoms with Gasteiger partial charge in [0.1, 0.15) is 17.7 Å². The van der Waals surface area contributed by atoms with Gasteiger partial charge in [-0.05, 0) is 12.1 Å². The van der Waals surface area contributed by atoms with Gasteiger partial charge in [-0.3, -0.25) is 9.69 Å². The van der Waals surface area contributed by atoms with E-state index >= 15 is 0 Å².